The highest BCUT2D eigenvalue weighted by Crippen LogP contribution is 2.29. The number of carbonyl (C=O) groups is 2. The molecule has 10 heteroatoms. The van der Waals surface area contributed by atoms with E-state index in [1.807, 2.05) is 32.0 Å². The first-order valence-corrected chi connectivity index (χ1v) is 11.3. The number of hydrogen-bond donors (Lipinski definition) is 2. The van der Waals surface area contributed by atoms with Gasteiger partial charge in [0.1, 0.15) is 18.4 Å². The van der Waals surface area contributed by atoms with Crippen LogP contribution in [-0.4, -0.2) is 57.9 Å². The van der Waals surface area contributed by atoms with Crippen LogP contribution in [0.5, 0.6) is 5.75 Å². The zero-order valence-electron chi connectivity index (χ0n) is 19.4. The Labute approximate surface area is 202 Å². The van der Waals surface area contributed by atoms with Crippen LogP contribution < -0.4 is 10.1 Å². The molecule has 0 fully saturated rings. The first-order valence-electron chi connectivity index (χ1n) is 11.3. The fourth-order valence-corrected chi connectivity index (χ4v) is 3.94. The maximum absolute atomic E-state index is 12.3. The van der Waals surface area contributed by atoms with Gasteiger partial charge in [-0.3, -0.25) is 4.79 Å². The molecule has 0 spiro atoms. The number of carbonyl (C=O) groups excluding carboxylic acids is 1. The Morgan fingerprint density at radius 3 is 2.63 bits per heavy atom. The van der Waals surface area contributed by atoms with E-state index in [-0.39, 0.29) is 18.6 Å². The first kappa shape index (κ1) is 23.8. The molecule has 1 aliphatic heterocycles. The monoisotopic (exact) mass is 475 g/mol. The molecule has 0 saturated carbocycles. The number of nitriles is 1. The van der Waals surface area contributed by atoms with Crippen molar-refractivity contribution >= 4 is 12.0 Å². The van der Waals surface area contributed by atoms with Crippen LogP contribution in [0.25, 0.3) is 22.8 Å². The van der Waals surface area contributed by atoms with E-state index in [0.717, 1.165) is 16.7 Å². The van der Waals surface area contributed by atoms with Gasteiger partial charge in [0.2, 0.25) is 11.7 Å². The van der Waals surface area contributed by atoms with Crippen LogP contribution in [0, 0.1) is 11.3 Å². The molecule has 2 amide bonds. The molecule has 1 aromatic heterocycles. The third kappa shape index (κ3) is 5.58. The Morgan fingerprint density at radius 1 is 1.17 bits per heavy atom. The molecule has 0 saturated heterocycles. The molecule has 0 unspecified atom stereocenters. The standard InChI is InChI=1S/C25H25N5O5/c1-15(2)34-21-6-5-19(12-20(21)13-26)24-28-23(29-35-24)18-4-3-16-7-9-30(10-8-17(16)11-18)22(31)14-27-25(32)33/h3-6,11-12,15,27H,7-10,14H2,1-2H3,(H,32,33). The zero-order chi connectivity index (χ0) is 24.9. The molecule has 2 N–H and O–H groups in total. The van der Waals surface area contributed by atoms with Crippen molar-refractivity contribution in [2.24, 2.45) is 0 Å². The number of rotatable bonds is 6. The van der Waals surface area contributed by atoms with E-state index < -0.39 is 6.09 Å². The average Bonchev–Trinajstić information content (AvgIpc) is 3.23. The van der Waals surface area contributed by atoms with Gasteiger partial charge in [-0.2, -0.15) is 10.2 Å². The Morgan fingerprint density at radius 2 is 1.91 bits per heavy atom. The van der Waals surface area contributed by atoms with E-state index >= 15 is 0 Å². The minimum Gasteiger partial charge on any atom is -0.490 e. The molecule has 0 aliphatic carbocycles. The lowest BCUT2D eigenvalue weighted by molar-refractivity contribution is -0.130. The normalized spacial score (nSPS) is 13.0. The second-order valence-corrected chi connectivity index (χ2v) is 8.44. The van der Waals surface area contributed by atoms with Gasteiger partial charge in [0.15, 0.2) is 0 Å². The Hall–Kier alpha value is -4.39. The number of amides is 2. The molecule has 2 aromatic carbocycles. The summed E-state index contributed by atoms with van der Waals surface area (Å²) in [5.74, 6) is 0.977. The highest BCUT2D eigenvalue weighted by molar-refractivity contribution is 5.82. The minimum atomic E-state index is -1.22. The zero-order valence-corrected chi connectivity index (χ0v) is 19.4. The van der Waals surface area contributed by atoms with E-state index in [1.54, 1.807) is 23.1 Å². The Kier molecular flexibility index (Phi) is 6.96. The van der Waals surface area contributed by atoms with Crippen molar-refractivity contribution < 1.29 is 24.0 Å². The number of nitrogens with one attached hydrogen (secondary N) is 1. The molecular formula is C25H25N5O5. The number of hydrogen-bond acceptors (Lipinski definition) is 7. The van der Waals surface area contributed by atoms with E-state index in [9.17, 15) is 14.9 Å². The van der Waals surface area contributed by atoms with Gasteiger partial charge in [0.05, 0.1) is 11.7 Å². The summed E-state index contributed by atoms with van der Waals surface area (Å²) < 4.78 is 11.1. The van der Waals surface area contributed by atoms with Crippen molar-refractivity contribution in [3.63, 3.8) is 0 Å². The Balaban J connectivity index is 1.50. The van der Waals surface area contributed by atoms with Gasteiger partial charge in [0, 0.05) is 24.2 Å². The number of nitrogens with zero attached hydrogens (tertiary/aromatic N) is 4. The first-order chi connectivity index (χ1) is 16.8. The van der Waals surface area contributed by atoms with Crippen molar-refractivity contribution in [1.82, 2.24) is 20.4 Å². The Bertz CT molecular complexity index is 1290. The lowest BCUT2D eigenvalue weighted by Gasteiger charge is -2.19. The van der Waals surface area contributed by atoms with Crippen LogP contribution in [0.15, 0.2) is 40.9 Å². The summed E-state index contributed by atoms with van der Waals surface area (Å²) in [7, 11) is 0. The summed E-state index contributed by atoms with van der Waals surface area (Å²) in [6.45, 7) is 4.57. The summed E-state index contributed by atoms with van der Waals surface area (Å²) in [6, 6.07) is 13.2. The largest absolute Gasteiger partial charge is 0.490 e. The van der Waals surface area contributed by atoms with Gasteiger partial charge >= 0.3 is 6.09 Å². The highest BCUT2D eigenvalue weighted by Gasteiger charge is 2.20. The van der Waals surface area contributed by atoms with Crippen molar-refractivity contribution in [2.75, 3.05) is 19.6 Å². The maximum atomic E-state index is 12.3. The summed E-state index contributed by atoms with van der Waals surface area (Å²) >= 11 is 0. The summed E-state index contributed by atoms with van der Waals surface area (Å²) in [6.07, 6.45) is 0.0375. The topological polar surface area (TPSA) is 142 Å². The average molecular weight is 476 g/mol. The molecule has 4 rings (SSSR count). The second-order valence-electron chi connectivity index (χ2n) is 8.44. The maximum Gasteiger partial charge on any atom is 0.405 e. The summed E-state index contributed by atoms with van der Waals surface area (Å²) in [5, 5.41) is 24.4. The van der Waals surface area contributed by atoms with Crippen LogP contribution in [-0.2, 0) is 17.6 Å². The van der Waals surface area contributed by atoms with Crippen LogP contribution in [0.2, 0.25) is 0 Å². The summed E-state index contributed by atoms with van der Waals surface area (Å²) in [5.41, 5.74) is 4.00. The SMILES string of the molecule is CC(C)Oc1ccc(-c2nc(-c3ccc4c(c3)CCN(C(=O)CNC(=O)O)CC4)no2)cc1C#N. The fraction of sp³-hybridized carbons (Fsp3) is 0.320. The van der Waals surface area contributed by atoms with Crippen molar-refractivity contribution in [2.45, 2.75) is 32.8 Å². The van der Waals surface area contributed by atoms with E-state index in [1.165, 1.54) is 0 Å². The van der Waals surface area contributed by atoms with Crippen LogP contribution in [0.1, 0.15) is 30.5 Å². The fourth-order valence-electron chi connectivity index (χ4n) is 3.94. The molecule has 0 bridgehead atoms. The van der Waals surface area contributed by atoms with Gasteiger partial charge in [-0.15, -0.1) is 0 Å². The lowest BCUT2D eigenvalue weighted by Crippen LogP contribution is -2.41. The number of aromatic nitrogens is 2. The number of ether oxygens (including phenoxy) is 1. The number of benzene rings is 2. The molecular weight excluding hydrogens is 450 g/mol. The third-order valence-electron chi connectivity index (χ3n) is 5.65. The molecule has 180 valence electrons. The van der Waals surface area contributed by atoms with Crippen molar-refractivity contribution in [3.05, 3.63) is 53.1 Å². The molecule has 10 nitrogen and oxygen atoms in total. The van der Waals surface area contributed by atoms with Crippen LogP contribution in [0.3, 0.4) is 0 Å². The predicted molar refractivity (Wildman–Crippen MR) is 126 cm³/mol. The van der Waals surface area contributed by atoms with Gasteiger partial charge in [-0.25, -0.2) is 4.79 Å². The quantitative estimate of drug-likeness (QED) is 0.553. The predicted octanol–water partition coefficient (Wildman–Crippen LogP) is 3.26. The minimum absolute atomic E-state index is 0.0530. The van der Waals surface area contributed by atoms with Gasteiger partial charge in [0.25, 0.3) is 5.89 Å². The van der Waals surface area contributed by atoms with Crippen LogP contribution in [0.4, 0.5) is 4.79 Å². The van der Waals surface area contributed by atoms with Crippen molar-refractivity contribution in [1.29, 1.82) is 5.26 Å². The lowest BCUT2D eigenvalue weighted by atomic mass is 10.00. The number of fused-ring (bicyclic) bond motifs is 1. The van der Waals surface area contributed by atoms with E-state index in [4.69, 9.17) is 14.4 Å². The smallest absolute Gasteiger partial charge is 0.405 e. The van der Waals surface area contributed by atoms with Gasteiger partial charge < -0.3 is 24.6 Å². The molecule has 0 atom stereocenters. The molecule has 1 aliphatic rings. The molecule has 2 heterocycles. The van der Waals surface area contributed by atoms with Crippen LogP contribution >= 0.6 is 0 Å². The molecule has 35 heavy (non-hydrogen) atoms. The van der Waals surface area contributed by atoms with E-state index in [2.05, 4.69) is 21.5 Å². The van der Waals surface area contributed by atoms with Gasteiger partial charge in [-0.1, -0.05) is 17.3 Å². The van der Waals surface area contributed by atoms with E-state index in [0.29, 0.717) is 54.5 Å². The van der Waals surface area contributed by atoms with Gasteiger partial charge in [-0.05, 0) is 62.1 Å². The van der Waals surface area contributed by atoms with Crippen molar-refractivity contribution in [3.8, 4) is 34.7 Å². The molecule has 3 aromatic rings. The second kappa shape index (κ2) is 10.3. The highest BCUT2D eigenvalue weighted by atomic mass is 16.5. The summed E-state index contributed by atoms with van der Waals surface area (Å²) in [4.78, 5) is 29.1. The molecule has 0 radical (unpaired) electrons. The number of carboxylic acid groups (broad SMARTS) is 1. The third-order valence-corrected chi connectivity index (χ3v) is 5.65.